The molecule has 86 valence electrons. The maximum atomic E-state index is 9.59. The first-order valence-corrected chi connectivity index (χ1v) is 5.45. The summed E-state index contributed by atoms with van der Waals surface area (Å²) >= 11 is 0. The first kappa shape index (κ1) is 10.0. The number of aromatic nitrogens is 1. The lowest BCUT2D eigenvalue weighted by molar-refractivity contribution is -0.00959. The summed E-state index contributed by atoms with van der Waals surface area (Å²) in [6.07, 6.45) is 1.67. The molecule has 0 amide bonds. The number of anilines is 1. The van der Waals surface area contributed by atoms with E-state index in [9.17, 15) is 5.11 Å². The minimum atomic E-state index is -0.500. The van der Waals surface area contributed by atoms with Gasteiger partial charge in [-0.15, -0.1) is 0 Å². The summed E-state index contributed by atoms with van der Waals surface area (Å²) in [5, 5.41) is 12.8. The number of hydrogen-bond donors (Lipinski definition) is 2. The number of aliphatic hydroxyl groups is 1. The Labute approximate surface area is 93.4 Å². The van der Waals surface area contributed by atoms with Gasteiger partial charge in [-0.25, -0.2) is 4.98 Å². The second-order valence-electron chi connectivity index (χ2n) is 4.12. The number of nitrogens with one attached hydrogen (secondary N) is 1. The van der Waals surface area contributed by atoms with Crippen LogP contribution in [0, 0.1) is 0 Å². The van der Waals surface area contributed by atoms with Crippen molar-refractivity contribution in [1.82, 2.24) is 4.98 Å². The average Bonchev–Trinajstić information content (AvgIpc) is 2.83. The Morgan fingerprint density at radius 2 is 2.38 bits per heavy atom. The highest BCUT2D eigenvalue weighted by Gasteiger charge is 2.45. The smallest absolute Gasteiger partial charge is 0.132 e. The van der Waals surface area contributed by atoms with Crippen molar-refractivity contribution in [2.45, 2.75) is 31.0 Å². The van der Waals surface area contributed by atoms with E-state index in [1.807, 2.05) is 18.2 Å². The quantitative estimate of drug-likeness (QED) is 0.757. The molecule has 2 aliphatic heterocycles. The van der Waals surface area contributed by atoms with Crippen molar-refractivity contribution in [2.24, 2.45) is 0 Å². The molecule has 5 nitrogen and oxygen atoms in total. The average molecular weight is 222 g/mol. The molecule has 2 fully saturated rings. The van der Waals surface area contributed by atoms with Gasteiger partial charge in [0.1, 0.15) is 24.3 Å². The first-order chi connectivity index (χ1) is 7.83. The molecule has 0 aromatic carbocycles. The Morgan fingerprint density at radius 3 is 3.12 bits per heavy atom. The van der Waals surface area contributed by atoms with Crippen molar-refractivity contribution in [3.63, 3.8) is 0 Å². The van der Waals surface area contributed by atoms with Crippen LogP contribution in [0.25, 0.3) is 0 Å². The van der Waals surface area contributed by atoms with Crippen LogP contribution in [0.4, 0.5) is 5.82 Å². The number of pyridine rings is 1. The van der Waals surface area contributed by atoms with Gasteiger partial charge in [-0.3, -0.25) is 0 Å². The van der Waals surface area contributed by atoms with Gasteiger partial charge >= 0.3 is 0 Å². The van der Waals surface area contributed by atoms with Crippen LogP contribution in [0.15, 0.2) is 24.4 Å². The number of ether oxygens (including phenoxy) is 2. The molecule has 2 aliphatic rings. The van der Waals surface area contributed by atoms with Crippen LogP contribution in [0.3, 0.4) is 0 Å². The fraction of sp³-hybridized carbons (Fsp3) is 0.545. The summed E-state index contributed by atoms with van der Waals surface area (Å²) in [5.74, 6) is 0.780. The van der Waals surface area contributed by atoms with Crippen LogP contribution in [0.2, 0.25) is 0 Å². The van der Waals surface area contributed by atoms with Crippen LogP contribution in [0.1, 0.15) is 6.42 Å². The summed E-state index contributed by atoms with van der Waals surface area (Å²) in [7, 11) is 0. The van der Waals surface area contributed by atoms with E-state index in [-0.39, 0.29) is 18.4 Å². The van der Waals surface area contributed by atoms with Crippen molar-refractivity contribution in [1.29, 1.82) is 0 Å². The number of nitrogens with zero attached hydrogens (tertiary/aromatic N) is 1. The number of rotatable bonds is 2. The highest BCUT2D eigenvalue weighted by atomic mass is 16.6. The Morgan fingerprint density at radius 1 is 1.44 bits per heavy atom. The van der Waals surface area contributed by atoms with Gasteiger partial charge in [-0.2, -0.15) is 0 Å². The van der Waals surface area contributed by atoms with Crippen LogP contribution in [0.5, 0.6) is 0 Å². The Balaban J connectivity index is 1.63. The minimum Gasteiger partial charge on any atom is -0.388 e. The Hall–Kier alpha value is -1.17. The molecule has 0 spiro atoms. The van der Waals surface area contributed by atoms with E-state index >= 15 is 0 Å². The van der Waals surface area contributed by atoms with Crippen LogP contribution in [-0.4, -0.2) is 41.2 Å². The third-order valence-corrected chi connectivity index (χ3v) is 2.97. The molecule has 0 radical (unpaired) electrons. The van der Waals surface area contributed by atoms with Gasteiger partial charge in [-0.05, 0) is 12.1 Å². The van der Waals surface area contributed by atoms with E-state index in [2.05, 4.69) is 10.3 Å². The van der Waals surface area contributed by atoms with Crippen LogP contribution >= 0.6 is 0 Å². The van der Waals surface area contributed by atoms with E-state index in [4.69, 9.17) is 9.47 Å². The standard InChI is InChI=1S/C11H14N2O3/c14-7-6-15-8-5-10(16-11(7)8)13-9-3-1-2-4-12-9/h1-4,7-8,10-11,14H,5-6H2,(H,12,13)/t7?,8-,10-,11-/m1/s1. The van der Waals surface area contributed by atoms with E-state index in [0.717, 1.165) is 12.2 Å². The lowest BCUT2D eigenvalue weighted by Gasteiger charge is -2.16. The summed E-state index contributed by atoms with van der Waals surface area (Å²) in [6, 6.07) is 5.66. The molecule has 0 bridgehead atoms. The lowest BCUT2D eigenvalue weighted by atomic mass is 10.1. The summed E-state index contributed by atoms with van der Waals surface area (Å²) in [6.45, 7) is 0.381. The molecule has 1 unspecified atom stereocenters. The van der Waals surface area contributed by atoms with E-state index in [1.165, 1.54) is 0 Å². The molecular weight excluding hydrogens is 208 g/mol. The van der Waals surface area contributed by atoms with E-state index in [0.29, 0.717) is 6.61 Å². The predicted octanol–water partition coefficient (Wildman–Crippen LogP) is 0.368. The molecule has 2 N–H and O–H groups in total. The van der Waals surface area contributed by atoms with Gasteiger partial charge < -0.3 is 19.9 Å². The molecule has 5 heteroatoms. The highest BCUT2D eigenvalue weighted by molar-refractivity contribution is 5.34. The Kier molecular flexibility index (Phi) is 2.51. The molecule has 3 heterocycles. The number of aliphatic hydroxyl groups excluding tert-OH is 1. The van der Waals surface area contributed by atoms with Gasteiger partial charge in [0.15, 0.2) is 0 Å². The maximum absolute atomic E-state index is 9.59. The van der Waals surface area contributed by atoms with Gasteiger partial charge in [0.05, 0.1) is 12.7 Å². The zero-order valence-corrected chi connectivity index (χ0v) is 8.74. The van der Waals surface area contributed by atoms with Gasteiger partial charge in [-0.1, -0.05) is 6.07 Å². The number of hydrogen-bond acceptors (Lipinski definition) is 5. The van der Waals surface area contributed by atoms with Crippen molar-refractivity contribution < 1.29 is 14.6 Å². The van der Waals surface area contributed by atoms with Gasteiger partial charge in [0, 0.05) is 12.6 Å². The largest absolute Gasteiger partial charge is 0.388 e. The second-order valence-corrected chi connectivity index (χ2v) is 4.12. The Bertz CT molecular complexity index is 360. The van der Waals surface area contributed by atoms with Crippen molar-refractivity contribution in [3.05, 3.63) is 24.4 Å². The molecule has 0 aliphatic carbocycles. The van der Waals surface area contributed by atoms with Crippen LogP contribution < -0.4 is 5.32 Å². The summed E-state index contributed by atoms with van der Waals surface area (Å²) in [4.78, 5) is 4.16. The summed E-state index contributed by atoms with van der Waals surface area (Å²) < 4.78 is 11.1. The topological polar surface area (TPSA) is 63.6 Å². The SMILES string of the molecule is OC1CO[C@@H]2C[C@H](Nc3ccccn3)O[C@H]12. The molecule has 16 heavy (non-hydrogen) atoms. The zero-order valence-electron chi connectivity index (χ0n) is 8.74. The summed E-state index contributed by atoms with van der Waals surface area (Å²) in [5.41, 5.74) is 0. The van der Waals surface area contributed by atoms with Crippen molar-refractivity contribution in [3.8, 4) is 0 Å². The molecule has 2 saturated heterocycles. The molecule has 1 aromatic rings. The first-order valence-electron chi connectivity index (χ1n) is 5.45. The molecule has 3 rings (SSSR count). The van der Waals surface area contributed by atoms with E-state index in [1.54, 1.807) is 6.20 Å². The second kappa shape index (κ2) is 4.01. The van der Waals surface area contributed by atoms with Gasteiger partial charge in [0.25, 0.3) is 0 Å². The third-order valence-electron chi connectivity index (χ3n) is 2.97. The molecule has 0 saturated carbocycles. The zero-order chi connectivity index (χ0) is 11.0. The molecule has 1 aromatic heterocycles. The number of fused-ring (bicyclic) bond motifs is 1. The predicted molar refractivity (Wildman–Crippen MR) is 56.9 cm³/mol. The van der Waals surface area contributed by atoms with Crippen LogP contribution in [-0.2, 0) is 9.47 Å². The highest BCUT2D eigenvalue weighted by Crippen LogP contribution is 2.30. The third kappa shape index (κ3) is 1.77. The molecule has 4 atom stereocenters. The fourth-order valence-corrected chi connectivity index (χ4v) is 2.20. The van der Waals surface area contributed by atoms with E-state index < -0.39 is 6.10 Å². The lowest BCUT2D eigenvalue weighted by Crippen LogP contribution is -2.29. The monoisotopic (exact) mass is 222 g/mol. The molecular formula is C11H14N2O3. The van der Waals surface area contributed by atoms with Crippen molar-refractivity contribution >= 4 is 5.82 Å². The normalized spacial score (nSPS) is 37.3. The fourth-order valence-electron chi connectivity index (χ4n) is 2.20. The van der Waals surface area contributed by atoms with Crippen molar-refractivity contribution in [2.75, 3.05) is 11.9 Å². The van der Waals surface area contributed by atoms with Gasteiger partial charge in [0.2, 0.25) is 0 Å². The minimum absolute atomic E-state index is 0.0104. The maximum Gasteiger partial charge on any atom is 0.132 e.